The van der Waals surface area contributed by atoms with Crippen LogP contribution in [0.4, 0.5) is 5.69 Å². The lowest BCUT2D eigenvalue weighted by molar-refractivity contribution is 0.0955. The van der Waals surface area contributed by atoms with E-state index in [2.05, 4.69) is 10.5 Å². The summed E-state index contributed by atoms with van der Waals surface area (Å²) in [5.41, 5.74) is 9.80. The van der Waals surface area contributed by atoms with Crippen LogP contribution in [0.2, 0.25) is 10.0 Å². The number of rotatable bonds is 8. The maximum absolute atomic E-state index is 12.7. The molecule has 1 aromatic heterocycles. The minimum absolute atomic E-state index is 0.146. The molecule has 10 heteroatoms. The summed E-state index contributed by atoms with van der Waals surface area (Å²) in [7, 11) is -3.52. The van der Waals surface area contributed by atoms with E-state index in [1.807, 2.05) is 50.5 Å². The van der Waals surface area contributed by atoms with E-state index in [0.29, 0.717) is 21.3 Å². The molecule has 0 aliphatic rings. The zero-order valence-corrected chi connectivity index (χ0v) is 25.2. The second-order valence-corrected chi connectivity index (χ2v) is 12.4. The fraction of sp³-hybridized carbons (Fsp3) is 0.200. The van der Waals surface area contributed by atoms with E-state index in [-0.39, 0.29) is 12.5 Å². The van der Waals surface area contributed by atoms with Gasteiger partial charge in [-0.3, -0.25) is 9.10 Å². The fourth-order valence-corrected chi connectivity index (χ4v) is 5.63. The van der Waals surface area contributed by atoms with Gasteiger partial charge in [0.05, 0.1) is 35.4 Å². The molecular formula is C30H30Cl2N4O3S. The van der Waals surface area contributed by atoms with E-state index in [0.717, 1.165) is 39.3 Å². The van der Waals surface area contributed by atoms with Crippen LogP contribution in [0.5, 0.6) is 0 Å². The average Bonchev–Trinajstić information content (AvgIpc) is 3.17. The molecule has 0 saturated heterocycles. The number of benzene rings is 3. The SMILES string of the molecule is Cc1ccc(N(Cc2ccc(C(=O)N/N=C/c3cc(C)n(-c4cc(Cl)ccc4Cl)c3C)cc2)S(C)(=O)=O)cc1C. The summed E-state index contributed by atoms with van der Waals surface area (Å²) in [5, 5.41) is 5.29. The third-order valence-electron chi connectivity index (χ3n) is 6.71. The van der Waals surface area contributed by atoms with Crippen molar-refractivity contribution >= 4 is 51.0 Å². The largest absolute Gasteiger partial charge is 0.316 e. The number of nitrogens with zero attached hydrogens (tertiary/aromatic N) is 3. The van der Waals surface area contributed by atoms with Gasteiger partial charge in [0.2, 0.25) is 10.0 Å². The number of amides is 1. The zero-order chi connectivity index (χ0) is 29.2. The maximum Gasteiger partial charge on any atom is 0.271 e. The van der Waals surface area contributed by atoms with Crippen LogP contribution in [-0.2, 0) is 16.6 Å². The van der Waals surface area contributed by atoms with Gasteiger partial charge in [0.25, 0.3) is 5.91 Å². The van der Waals surface area contributed by atoms with Gasteiger partial charge < -0.3 is 4.57 Å². The molecule has 0 spiro atoms. The van der Waals surface area contributed by atoms with Crippen LogP contribution in [0.25, 0.3) is 5.69 Å². The summed E-state index contributed by atoms with van der Waals surface area (Å²) >= 11 is 12.6. The molecule has 0 bridgehead atoms. The third kappa shape index (κ3) is 6.58. The molecule has 7 nitrogen and oxygen atoms in total. The summed E-state index contributed by atoms with van der Waals surface area (Å²) in [4.78, 5) is 12.7. The van der Waals surface area contributed by atoms with Gasteiger partial charge in [0, 0.05) is 27.5 Å². The van der Waals surface area contributed by atoms with Gasteiger partial charge in [0.15, 0.2) is 0 Å². The Labute approximate surface area is 245 Å². The highest BCUT2D eigenvalue weighted by Crippen LogP contribution is 2.29. The Morgan fingerprint density at radius 3 is 2.30 bits per heavy atom. The maximum atomic E-state index is 12.7. The lowest BCUT2D eigenvalue weighted by Crippen LogP contribution is -2.29. The van der Waals surface area contributed by atoms with E-state index in [1.54, 1.807) is 54.7 Å². The van der Waals surface area contributed by atoms with E-state index in [1.165, 1.54) is 10.6 Å². The van der Waals surface area contributed by atoms with Crippen LogP contribution in [-0.4, -0.2) is 31.4 Å². The van der Waals surface area contributed by atoms with Gasteiger partial charge in [-0.05, 0) is 92.9 Å². The standard InChI is InChI=1S/C30H30Cl2N4O3S/c1-19-6-12-27(14-20(19)2)35(40(5,38)39)18-23-7-9-24(10-8-23)30(37)34-33-17-25-15-21(3)36(22(25)4)29-16-26(31)11-13-28(29)32/h6-17H,18H2,1-5H3,(H,34,37)/b33-17+. The third-order valence-corrected chi connectivity index (χ3v) is 8.41. The Balaban J connectivity index is 1.46. The first-order valence-corrected chi connectivity index (χ1v) is 15.1. The molecule has 0 saturated carbocycles. The van der Waals surface area contributed by atoms with Crippen molar-refractivity contribution < 1.29 is 13.2 Å². The van der Waals surface area contributed by atoms with Crippen molar-refractivity contribution in [1.82, 2.24) is 9.99 Å². The first-order valence-electron chi connectivity index (χ1n) is 12.5. The van der Waals surface area contributed by atoms with Crippen molar-refractivity contribution in [2.75, 3.05) is 10.6 Å². The van der Waals surface area contributed by atoms with Gasteiger partial charge in [-0.25, -0.2) is 13.8 Å². The predicted molar refractivity (Wildman–Crippen MR) is 164 cm³/mol. The molecule has 40 heavy (non-hydrogen) atoms. The molecular weight excluding hydrogens is 567 g/mol. The lowest BCUT2D eigenvalue weighted by atomic mass is 10.1. The van der Waals surface area contributed by atoms with Crippen molar-refractivity contribution in [3.63, 3.8) is 0 Å². The Morgan fingerprint density at radius 1 is 0.950 bits per heavy atom. The summed E-state index contributed by atoms with van der Waals surface area (Å²) in [6.07, 6.45) is 2.76. The average molecular weight is 598 g/mol. The van der Waals surface area contributed by atoms with Crippen molar-refractivity contribution in [3.8, 4) is 5.69 Å². The molecule has 0 aliphatic heterocycles. The van der Waals surface area contributed by atoms with E-state index >= 15 is 0 Å². The summed E-state index contributed by atoms with van der Waals surface area (Å²) < 4.78 is 28.4. The Morgan fingerprint density at radius 2 is 1.65 bits per heavy atom. The number of carbonyl (C=O) groups is 1. The van der Waals surface area contributed by atoms with Crippen LogP contribution in [0.15, 0.2) is 71.8 Å². The number of carbonyl (C=O) groups excluding carboxylic acids is 1. The molecule has 4 aromatic rings. The molecule has 1 amide bonds. The molecule has 0 radical (unpaired) electrons. The lowest BCUT2D eigenvalue weighted by Gasteiger charge is -2.23. The molecule has 0 unspecified atom stereocenters. The second kappa shape index (κ2) is 11.9. The highest BCUT2D eigenvalue weighted by Gasteiger charge is 2.19. The summed E-state index contributed by atoms with van der Waals surface area (Å²) in [5.74, 6) is -0.386. The van der Waals surface area contributed by atoms with Crippen molar-refractivity contribution in [3.05, 3.63) is 116 Å². The van der Waals surface area contributed by atoms with Crippen molar-refractivity contribution in [1.29, 1.82) is 0 Å². The number of anilines is 1. The van der Waals surface area contributed by atoms with Gasteiger partial charge in [-0.15, -0.1) is 0 Å². The fourth-order valence-electron chi connectivity index (χ4n) is 4.38. The Hall–Kier alpha value is -3.59. The molecule has 1 N–H and O–H groups in total. The molecule has 0 atom stereocenters. The van der Waals surface area contributed by atoms with Crippen molar-refractivity contribution in [2.24, 2.45) is 5.10 Å². The molecule has 3 aromatic carbocycles. The summed E-state index contributed by atoms with van der Waals surface area (Å²) in [6.45, 7) is 7.96. The topological polar surface area (TPSA) is 83.8 Å². The Kier molecular flexibility index (Phi) is 8.73. The highest BCUT2D eigenvalue weighted by molar-refractivity contribution is 7.92. The summed E-state index contributed by atoms with van der Waals surface area (Å²) in [6, 6.07) is 19.6. The van der Waals surface area contributed by atoms with Crippen LogP contribution in [0.3, 0.4) is 0 Å². The number of sulfonamides is 1. The van der Waals surface area contributed by atoms with Gasteiger partial charge in [-0.2, -0.15) is 5.10 Å². The first-order chi connectivity index (χ1) is 18.8. The smallest absolute Gasteiger partial charge is 0.271 e. The van der Waals surface area contributed by atoms with E-state index in [4.69, 9.17) is 23.2 Å². The molecule has 0 aliphatic carbocycles. The van der Waals surface area contributed by atoms with E-state index < -0.39 is 10.0 Å². The predicted octanol–water partition coefficient (Wildman–Crippen LogP) is 6.75. The number of hydrogen-bond donors (Lipinski definition) is 1. The second-order valence-electron chi connectivity index (χ2n) is 9.69. The quantitative estimate of drug-likeness (QED) is 0.180. The number of halogens is 2. The van der Waals surface area contributed by atoms with Crippen LogP contribution in [0.1, 0.15) is 44.0 Å². The van der Waals surface area contributed by atoms with Crippen LogP contribution in [0, 0.1) is 27.7 Å². The minimum Gasteiger partial charge on any atom is -0.316 e. The van der Waals surface area contributed by atoms with Crippen LogP contribution >= 0.6 is 23.2 Å². The Bertz CT molecular complexity index is 1710. The number of hydrogen-bond acceptors (Lipinski definition) is 4. The highest BCUT2D eigenvalue weighted by atomic mass is 35.5. The van der Waals surface area contributed by atoms with Crippen molar-refractivity contribution in [2.45, 2.75) is 34.2 Å². The zero-order valence-electron chi connectivity index (χ0n) is 22.9. The molecule has 1 heterocycles. The number of hydrazone groups is 1. The first kappa shape index (κ1) is 29.4. The normalized spacial score (nSPS) is 11.7. The number of aromatic nitrogens is 1. The molecule has 208 valence electrons. The number of aryl methyl sites for hydroxylation is 3. The van der Waals surface area contributed by atoms with Crippen LogP contribution < -0.4 is 9.73 Å². The molecule has 0 fully saturated rings. The number of nitrogens with one attached hydrogen (secondary N) is 1. The van der Waals surface area contributed by atoms with Gasteiger partial charge in [-0.1, -0.05) is 41.4 Å². The molecule has 4 rings (SSSR count). The van der Waals surface area contributed by atoms with E-state index in [9.17, 15) is 13.2 Å². The minimum atomic E-state index is -3.52. The van der Waals surface area contributed by atoms with Gasteiger partial charge >= 0.3 is 0 Å². The monoisotopic (exact) mass is 596 g/mol. The van der Waals surface area contributed by atoms with Gasteiger partial charge in [0.1, 0.15) is 0 Å².